The third kappa shape index (κ3) is 2.03. The molecule has 0 amide bonds. The fourth-order valence-electron chi connectivity index (χ4n) is 0.0445. The molecule has 0 aromatic carbocycles. The van der Waals surface area contributed by atoms with E-state index in [1.54, 1.807) is 0 Å². The molecule has 0 saturated heterocycles. The second kappa shape index (κ2) is 2.97. The fraction of sp³-hybridized carbons (Fsp3) is 0.333. The second-order valence-electron chi connectivity index (χ2n) is 0.617. The molecule has 0 N–H and O–H groups in total. The SMILES string of the molecule is CO/C(F)=C/Cl. The summed E-state index contributed by atoms with van der Waals surface area (Å²) in [5, 5.41) is 0. The maximum atomic E-state index is 11.4. The van der Waals surface area contributed by atoms with Gasteiger partial charge in [-0.3, -0.25) is 0 Å². The summed E-state index contributed by atoms with van der Waals surface area (Å²) in [6.07, 6.45) is 0. The van der Waals surface area contributed by atoms with Gasteiger partial charge in [0.2, 0.25) is 0 Å². The molecule has 0 rings (SSSR count). The zero-order chi connectivity index (χ0) is 4.99. The van der Waals surface area contributed by atoms with Crippen LogP contribution in [0.25, 0.3) is 0 Å². The molecule has 0 aromatic heterocycles. The van der Waals surface area contributed by atoms with Crippen molar-refractivity contribution >= 4 is 11.6 Å². The Hall–Kier alpha value is -0.240. The average Bonchev–Trinajstić information content (AvgIpc) is 1.65. The quantitative estimate of drug-likeness (QED) is 0.467. The van der Waals surface area contributed by atoms with E-state index in [-0.39, 0.29) is 0 Å². The van der Waals surface area contributed by atoms with Crippen LogP contribution in [0.5, 0.6) is 0 Å². The molecule has 3 heteroatoms. The Kier molecular flexibility index (Phi) is 2.85. The van der Waals surface area contributed by atoms with Gasteiger partial charge in [0.05, 0.1) is 12.6 Å². The number of hydrogen-bond donors (Lipinski definition) is 0. The number of halogens is 2. The van der Waals surface area contributed by atoms with Crippen molar-refractivity contribution in [3.8, 4) is 0 Å². The lowest BCUT2D eigenvalue weighted by Crippen LogP contribution is -1.70. The van der Waals surface area contributed by atoms with Crippen LogP contribution in [0.1, 0.15) is 0 Å². The third-order valence-corrected chi connectivity index (χ3v) is 0.452. The van der Waals surface area contributed by atoms with Crippen molar-refractivity contribution in [1.82, 2.24) is 0 Å². The molecule has 0 aliphatic heterocycles. The van der Waals surface area contributed by atoms with Gasteiger partial charge in [0.25, 0.3) is 6.01 Å². The first-order valence-electron chi connectivity index (χ1n) is 1.31. The van der Waals surface area contributed by atoms with Crippen LogP contribution in [0, 0.1) is 0 Å². The molecule has 0 aliphatic rings. The number of rotatable bonds is 1. The molecule has 0 aliphatic carbocycles. The van der Waals surface area contributed by atoms with E-state index in [1.165, 1.54) is 7.11 Å². The van der Waals surface area contributed by atoms with Gasteiger partial charge < -0.3 is 4.74 Å². The Morgan fingerprint density at radius 2 is 2.50 bits per heavy atom. The van der Waals surface area contributed by atoms with Gasteiger partial charge >= 0.3 is 0 Å². The van der Waals surface area contributed by atoms with Crippen molar-refractivity contribution in [1.29, 1.82) is 0 Å². The predicted molar refractivity (Wildman–Crippen MR) is 22.1 cm³/mol. The molecule has 0 fully saturated rings. The van der Waals surface area contributed by atoms with Gasteiger partial charge in [-0.05, 0) is 0 Å². The van der Waals surface area contributed by atoms with Gasteiger partial charge in [-0.2, -0.15) is 4.39 Å². The van der Waals surface area contributed by atoms with Crippen molar-refractivity contribution in [2.24, 2.45) is 0 Å². The van der Waals surface area contributed by atoms with E-state index in [9.17, 15) is 4.39 Å². The number of ether oxygens (including phenoxy) is 1. The predicted octanol–water partition coefficient (Wildman–Crippen LogP) is 1.64. The van der Waals surface area contributed by atoms with E-state index in [4.69, 9.17) is 11.6 Å². The minimum Gasteiger partial charge on any atom is -0.473 e. The lowest BCUT2D eigenvalue weighted by atomic mass is 11.1. The summed E-state index contributed by atoms with van der Waals surface area (Å²) in [7, 11) is 1.20. The lowest BCUT2D eigenvalue weighted by molar-refractivity contribution is 0.204. The molecule has 0 radical (unpaired) electrons. The van der Waals surface area contributed by atoms with Crippen LogP contribution < -0.4 is 0 Å². The lowest BCUT2D eigenvalue weighted by Gasteiger charge is -1.85. The standard InChI is InChI=1S/C3H4ClFO/c1-6-3(5)2-4/h2H,1H3/b3-2+. The largest absolute Gasteiger partial charge is 0.473 e. The van der Waals surface area contributed by atoms with Crippen LogP contribution in [0.2, 0.25) is 0 Å². The average molecular weight is 111 g/mol. The topological polar surface area (TPSA) is 9.23 Å². The number of hydrogen-bond acceptors (Lipinski definition) is 1. The summed E-state index contributed by atoms with van der Waals surface area (Å²) >= 11 is 4.79. The van der Waals surface area contributed by atoms with Crippen molar-refractivity contribution in [2.75, 3.05) is 7.11 Å². The van der Waals surface area contributed by atoms with Crippen LogP contribution in [-0.4, -0.2) is 7.11 Å². The zero-order valence-electron chi connectivity index (χ0n) is 3.24. The van der Waals surface area contributed by atoms with Crippen molar-refractivity contribution < 1.29 is 9.13 Å². The Labute approximate surface area is 40.4 Å². The first kappa shape index (κ1) is 5.76. The van der Waals surface area contributed by atoms with E-state index in [2.05, 4.69) is 4.74 Å². The summed E-state index contributed by atoms with van der Waals surface area (Å²) in [6, 6.07) is -0.767. The molecule has 36 valence electrons. The summed E-state index contributed by atoms with van der Waals surface area (Å²) in [4.78, 5) is 0. The van der Waals surface area contributed by atoms with E-state index in [0.717, 1.165) is 5.54 Å². The summed E-state index contributed by atoms with van der Waals surface area (Å²) in [5.41, 5.74) is 0.722. The highest BCUT2D eigenvalue weighted by molar-refractivity contribution is 6.25. The minimum absolute atomic E-state index is 0.722. The molecule has 0 spiro atoms. The Balaban J connectivity index is 3.22. The maximum Gasteiger partial charge on any atom is 0.283 e. The fourth-order valence-corrected chi connectivity index (χ4v) is 0.134. The van der Waals surface area contributed by atoms with Gasteiger partial charge in [0.1, 0.15) is 0 Å². The second-order valence-corrected chi connectivity index (χ2v) is 0.836. The summed E-state index contributed by atoms with van der Waals surface area (Å²) in [6.45, 7) is 0. The highest BCUT2D eigenvalue weighted by Gasteiger charge is 1.80. The van der Waals surface area contributed by atoms with Crippen molar-refractivity contribution in [2.45, 2.75) is 0 Å². The van der Waals surface area contributed by atoms with Gasteiger partial charge in [-0.1, -0.05) is 11.6 Å². The van der Waals surface area contributed by atoms with E-state index >= 15 is 0 Å². The first-order chi connectivity index (χ1) is 2.81. The number of methoxy groups -OCH3 is 1. The molecule has 0 saturated carbocycles. The molecule has 0 atom stereocenters. The molecular formula is C3H4ClFO. The molecule has 1 nitrogen and oxygen atoms in total. The van der Waals surface area contributed by atoms with Crippen LogP contribution in [0.15, 0.2) is 11.5 Å². The van der Waals surface area contributed by atoms with Gasteiger partial charge in [0, 0.05) is 0 Å². The zero-order valence-corrected chi connectivity index (χ0v) is 4.00. The Morgan fingerprint density at radius 3 is 2.50 bits per heavy atom. The van der Waals surface area contributed by atoms with Crippen molar-refractivity contribution in [3.63, 3.8) is 0 Å². The van der Waals surface area contributed by atoms with Crippen LogP contribution in [0.3, 0.4) is 0 Å². The van der Waals surface area contributed by atoms with E-state index in [1.807, 2.05) is 0 Å². The molecular weight excluding hydrogens is 106 g/mol. The normalized spacial score (nSPS) is 11.5. The van der Waals surface area contributed by atoms with Gasteiger partial charge in [-0.15, -0.1) is 0 Å². The van der Waals surface area contributed by atoms with E-state index in [0.29, 0.717) is 0 Å². The molecule has 0 heterocycles. The highest BCUT2D eigenvalue weighted by Crippen LogP contribution is 1.95. The molecule has 0 bridgehead atoms. The minimum atomic E-state index is -0.767. The highest BCUT2D eigenvalue weighted by atomic mass is 35.5. The van der Waals surface area contributed by atoms with Crippen LogP contribution >= 0.6 is 11.6 Å². The smallest absolute Gasteiger partial charge is 0.283 e. The Morgan fingerprint density at radius 1 is 2.00 bits per heavy atom. The maximum absolute atomic E-state index is 11.4. The molecule has 0 unspecified atom stereocenters. The summed E-state index contributed by atoms with van der Waals surface area (Å²) in [5.74, 6) is 0. The first-order valence-corrected chi connectivity index (χ1v) is 1.74. The monoisotopic (exact) mass is 110 g/mol. The summed E-state index contributed by atoms with van der Waals surface area (Å²) < 4.78 is 15.3. The van der Waals surface area contributed by atoms with Crippen LogP contribution in [-0.2, 0) is 4.74 Å². The van der Waals surface area contributed by atoms with E-state index < -0.39 is 6.01 Å². The van der Waals surface area contributed by atoms with Gasteiger partial charge in [-0.25, -0.2) is 0 Å². The molecule has 0 aromatic rings. The van der Waals surface area contributed by atoms with Crippen molar-refractivity contribution in [3.05, 3.63) is 11.5 Å². The van der Waals surface area contributed by atoms with Crippen LogP contribution in [0.4, 0.5) is 4.39 Å². The Bertz CT molecular complexity index is 61.8. The third-order valence-electron chi connectivity index (χ3n) is 0.281. The molecule has 6 heavy (non-hydrogen) atoms. The van der Waals surface area contributed by atoms with Gasteiger partial charge in [0.15, 0.2) is 0 Å².